The molecule has 2 heteroatoms. The van der Waals surface area contributed by atoms with Crippen LogP contribution in [0.5, 0.6) is 0 Å². The first-order chi connectivity index (χ1) is 9.60. The summed E-state index contributed by atoms with van der Waals surface area (Å²) in [4.78, 5) is 12.1. The minimum absolute atomic E-state index is 0.0457. The van der Waals surface area contributed by atoms with Gasteiger partial charge in [-0.05, 0) is 44.2 Å². The zero-order valence-electron chi connectivity index (χ0n) is 13.3. The Labute approximate surface area is 123 Å². The Morgan fingerprint density at radius 2 is 1.60 bits per heavy atom. The van der Waals surface area contributed by atoms with Crippen molar-refractivity contribution in [1.29, 1.82) is 0 Å². The van der Waals surface area contributed by atoms with E-state index in [0.717, 1.165) is 30.7 Å². The molecule has 1 unspecified atom stereocenters. The molecule has 1 aromatic carbocycles. The van der Waals surface area contributed by atoms with Crippen molar-refractivity contribution in [3.8, 4) is 0 Å². The first-order valence-corrected chi connectivity index (χ1v) is 7.88. The number of aryl methyl sites for hydroxylation is 1. The summed E-state index contributed by atoms with van der Waals surface area (Å²) in [5.74, 6) is 0.559. The summed E-state index contributed by atoms with van der Waals surface area (Å²) in [6.45, 7) is 8.56. The lowest BCUT2D eigenvalue weighted by Crippen LogP contribution is -2.18. The summed E-state index contributed by atoms with van der Waals surface area (Å²) in [6.07, 6.45) is 5.46. The third-order valence-corrected chi connectivity index (χ3v) is 4.07. The Balaban J connectivity index is 2.50. The fourth-order valence-electron chi connectivity index (χ4n) is 2.37. The number of carbonyl (C=O) groups excluding carboxylic acids is 1. The number of hydrogen-bond donors (Lipinski definition) is 0. The minimum atomic E-state index is -0.193. The Morgan fingerprint density at radius 3 is 2.10 bits per heavy atom. The van der Waals surface area contributed by atoms with E-state index in [0.29, 0.717) is 5.56 Å². The molecular weight excluding hydrogens is 248 g/mol. The van der Waals surface area contributed by atoms with Crippen LogP contribution in [0.1, 0.15) is 68.8 Å². The number of ether oxygens (including phenoxy) is 1. The quantitative estimate of drug-likeness (QED) is 0.614. The Kier molecular flexibility index (Phi) is 7.35. The molecule has 0 saturated heterocycles. The summed E-state index contributed by atoms with van der Waals surface area (Å²) < 4.78 is 5.63. The van der Waals surface area contributed by atoms with Gasteiger partial charge in [-0.2, -0.15) is 0 Å². The van der Waals surface area contributed by atoms with Gasteiger partial charge in [0.25, 0.3) is 0 Å². The molecule has 1 aromatic rings. The SMILES string of the molecule is CCC(CC)CCC(CC)OC(=O)c1ccc(C)cc1. The van der Waals surface area contributed by atoms with Crippen LogP contribution in [0.3, 0.4) is 0 Å². The van der Waals surface area contributed by atoms with Crippen LogP contribution >= 0.6 is 0 Å². The van der Waals surface area contributed by atoms with Crippen molar-refractivity contribution in [2.75, 3.05) is 0 Å². The standard InChI is InChI=1S/C18H28O2/c1-5-15(6-2)10-13-17(7-3)20-18(19)16-11-8-14(4)9-12-16/h8-9,11-12,15,17H,5-7,10,13H2,1-4H3. The molecule has 20 heavy (non-hydrogen) atoms. The van der Waals surface area contributed by atoms with Gasteiger partial charge in [-0.3, -0.25) is 0 Å². The zero-order valence-corrected chi connectivity index (χ0v) is 13.3. The topological polar surface area (TPSA) is 26.3 Å². The lowest BCUT2D eigenvalue weighted by Gasteiger charge is -2.19. The van der Waals surface area contributed by atoms with Gasteiger partial charge in [0.2, 0.25) is 0 Å². The fraction of sp³-hybridized carbons (Fsp3) is 0.611. The molecule has 112 valence electrons. The molecule has 0 aliphatic rings. The van der Waals surface area contributed by atoms with Crippen molar-refractivity contribution in [2.45, 2.75) is 65.9 Å². The van der Waals surface area contributed by atoms with Crippen molar-refractivity contribution in [3.05, 3.63) is 35.4 Å². The molecule has 1 rings (SSSR count). The lowest BCUT2D eigenvalue weighted by molar-refractivity contribution is 0.0257. The highest BCUT2D eigenvalue weighted by Crippen LogP contribution is 2.19. The first kappa shape index (κ1) is 16.7. The lowest BCUT2D eigenvalue weighted by atomic mass is 9.95. The van der Waals surface area contributed by atoms with Gasteiger partial charge in [-0.15, -0.1) is 0 Å². The smallest absolute Gasteiger partial charge is 0.338 e. The predicted molar refractivity (Wildman–Crippen MR) is 84.0 cm³/mol. The first-order valence-electron chi connectivity index (χ1n) is 7.88. The van der Waals surface area contributed by atoms with Crippen LogP contribution in [0.15, 0.2) is 24.3 Å². The third-order valence-electron chi connectivity index (χ3n) is 4.07. The molecule has 0 amide bonds. The van der Waals surface area contributed by atoms with E-state index in [4.69, 9.17) is 4.74 Å². The summed E-state index contributed by atoms with van der Waals surface area (Å²) >= 11 is 0. The molecule has 1 atom stereocenters. The predicted octanol–water partition coefficient (Wildman–Crippen LogP) is 5.15. The molecule has 0 aliphatic carbocycles. The van der Waals surface area contributed by atoms with Gasteiger partial charge in [0.15, 0.2) is 0 Å². The van der Waals surface area contributed by atoms with Crippen LogP contribution in [0, 0.1) is 12.8 Å². The van der Waals surface area contributed by atoms with Crippen molar-refractivity contribution in [2.24, 2.45) is 5.92 Å². The normalized spacial score (nSPS) is 12.4. The molecule has 2 nitrogen and oxygen atoms in total. The van der Waals surface area contributed by atoms with Crippen molar-refractivity contribution in [1.82, 2.24) is 0 Å². The average Bonchev–Trinajstić information content (AvgIpc) is 2.47. The van der Waals surface area contributed by atoms with E-state index in [-0.39, 0.29) is 12.1 Å². The summed E-state index contributed by atoms with van der Waals surface area (Å²) in [6, 6.07) is 7.57. The largest absolute Gasteiger partial charge is 0.459 e. The van der Waals surface area contributed by atoms with E-state index in [1.807, 2.05) is 31.2 Å². The van der Waals surface area contributed by atoms with Crippen LogP contribution in [0.4, 0.5) is 0 Å². The maximum Gasteiger partial charge on any atom is 0.338 e. The Bertz CT molecular complexity index is 390. The molecule has 0 heterocycles. The van der Waals surface area contributed by atoms with Crippen LogP contribution in [-0.4, -0.2) is 12.1 Å². The summed E-state index contributed by atoms with van der Waals surface area (Å²) in [5, 5.41) is 0. The number of benzene rings is 1. The number of carbonyl (C=O) groups is 1. The van der Waals surface area contributed by atoms with Crippen molar-refractivity contribution >= 4 is 5.97 Å². The molecule has 0 saturated carbocycles. The van der Waals surface area contributed by atoms with Gasteiger partial charge in [0.1, 0.15) is 6.10 Å². The Hall–Kier alpha value is -1.31. The van der Waals surface area contributed by atoms with E-state index in [9.17, 15) is 4.79 Å². The maximum atomic E-state index is 12.1. The van der Waals surface area contributed by atoms with Gasteiger partial charge in [-0.1, -0.05) is 51.3 Å². The number of hydrogen-bond acceptors (Lipinski definition) is 2. The van der Waals surface area contributed by atoms with Crippen LogP contribution in [0.25, 0.3) is 0 Å². The van der Waals surface area contributed by atoms with Crippen LogP contribution < -0.4 is 0 Å². The highest BCUT2D eigenvalue weighted by Gasteiger charge is 2.15. The minimum Gasteiger partial charge on any atom is -0.459 e. The average molecular weight is 276 g/mol. The molecule has 0 radical (unpaired) electrons. The van der Waals surface area contributed by atoms with Gasteiger partial charge >= 0.3 is 5.97 Å². The van der Waals surface area contributed by atoms with E-state index < -0.39 is 0 Å². The van der Waals surface area contributed by atoms with Crippen LogP contribution in [0.2, 0.25) is 0 Å². The Morgan fingerprint density at radius 1 is 1.00 bits per heavy atom. The molecule has 0 aromatic heterocycles. The van der Waals surface area contributed by atoms with Crippen molar-refractivity contribution in [3.63, 3.8) is 0 Å². The fourth-order valence-corrected chi connectivity index (χ4v) is 2.37. The monoisotopic (exact) mass is 276 g/mol. The molecule has 0 aliphatic heterocycles. The third kappa shape index (κ3) is 5.36. The maximum absolute atomic E-state index is 12.1. The molecule has 0 fully saturated rings. The van der Waals surface area contributed by atoms with Gasteiger partial charge in [-0.25, -0.2) is 4.79 Å². The highest BCUT2D eigenvalue weighted by atomic mass is 16.5. The summed E-state index contributed by atoms with van der Waals surface area (Å²) in [7, 11) is 0. The molecule has 0 N–H and O–H groups in total. The summed E-state index contributed by atoms with van der Waals surface area (Å²) in [5.41, 5.74) is 1.80. The highest BCUT2D eigenvalue weighted by molar-refractivity contribution is 5.89. The van der Waals surface area contributed by atoms with E-state index in [1.165, 1.54) is 12.8 Å². The number of rotatable bonds is 8. The van der Waals surface area contributed by atoms with E-state index >= 15 is 0 Å². The zero-order chi connectivity index (χ0) is 15.0. The van der Waals surface area contributed by atoms with E-state index in [1.54, 1.807) is 0 Å². The second-order valence-corrected chi connectivity index (χ2v) is 5.56. The van der Waals surface area contributed by atoms with Gasteiger partial charge in [0, 0.05) is 0 Å². The number of esters is 1. The second-order valence-electron chi connectivity index (χ2n) is 5.56. The molecule has 0 bridgehead atoms. The van der Waals surface area contributed by atoms with Gasteiger partial charge in [0.05, 0.1) is 5.56 Å². The van der Waals surface area contributed by atoms with E-state index in [2.05, 4.69) is 20.8 Å². The van der Waals surface area contributed by atoms with Gasteiger partial charge < -0.3 is 4.74 Å². The molecule has 0 spiro atoms. The van der Waals surface area contributed by atoms with Crippen molar-refractivity contribution < 1.29 is 9.53 Å². The second kappa shape index (κ2) is 8.78. The van der Waals surface area contributed by atoms with Crippen LogP contribution in [-0.2, 0) is 4.74 Å². The molecular formula is C18H28O2.